The van der Waals surface area contributed by atoms with Crippen LogP contribution in [0.25, 0.3) is 0 Å². The lowest BCUT2D eigenvalue weighted by molar-refractivity contribution is 0.730. The molecule has 1 rings (SSSR count). The van der Waals surface area contributed by atoms with Crippen LogP contribution in [0.1, 0.15) is 25.4 Å². The van der Waals surface area contributed by atoms with Crippen molar-refractivity contribution in [2.45, 2.75) is 33.7 Å². The molecule has 0 aliphatic carbocycles. The lowest BCUT2D eigenvalue weighted by Crippen LogP contribution is -1.93. The van der Waals surface area contributed by atoms with Crippen molar-refractivity contribution in [3.8, 4) is 0 Å². The third-order valence-corrected chi connectivity index (χ3v) is 2.46. The summed E-state index contributed by atoms with van der Waals surface area (Å²) in [6, 6.07) is 0. The summed E-state index contributed by atoms with van der Waals surface area (Å²) < 4.78 is 2.16. The Bertz CT molecular complexity index is 408. The Labute approximate surface area is 98.0 Å². The standard InChI is InChI=1S/C14H20N2/c1-5-8-13(9-6-2)10-14-11-16(7-3)12(4)15-14/h5-6,8-9,11H,1,7,10H2,2-4H3/b9-6-,13-8+. The van der Waals surface area contributed by atoms with Crippen molar-refractivity contribution in [3.63, 3.8) is 0 Å². The van der Waals surface area contributed by atoms with Gasteiger partial charge in [0.2, 0.25) is 0 Å². The van der Waals surface area contributed by atoms with Crippen LogP contribution in [0, 0.1) is 6.92 Å². The van der Waals surface area contributed by atoms with Gasteiger partial charge in [-0.05, 0) is 26.3 Å². The Hall–Kier alpha value is -1.57. The van der Waals surface area contributed by atoms with Gasteiger partial charge in [0.25, 0.3) is 0 Å². The zero-order chi connectivity index (χ0) is 12.0. The van der Waals surface area contributed by atoms with Gasteiger partial charge in [-0.15, -0.1) is 0 Å². The fourth-order valence-corrected chi connectivity index (χ4v) is 1.73. The van der Waals surface area contributed by atoms with Crippen molar-refractivity contribution in [2.75, 3.05) is 0 Å². The molecule has 1 heterocycles. The number of hydrogen-bond acceptors (Lipinski definition) is 1. The summed E-state index contributed by atoms with van der Waals surface area (Å²) in [5.41, 5.74) is 2.35. The molecule has 1 aromatic heterocycles. The van der Waals surface area contributed by atoms with Gasteiger partial charge in [-0.2, -0.15) is 0 Å². The summed E-state index contributed by atoms with van der Waals surface area (Å²) in [5, 5.41) is 0. The van der Waals surface area contributed by atoms with Gasteiger partial charge in [0.1, 0.15) is 5.82 Å². The molecule has 0 spiro atoms. The number of rotatable bonds is 5. The third kappa shape index (κ3) is 3.23. The van der Waals surface area contributed by atoms with E-state index in [1.807, 2.05) is 32.1 Å². The third-order valence-electron chi connectivity index (χ3n) is 2.46. The van der Waals surface area contributed by atoms with Crippen molar-refractivity contribution in [1.29, 1.82) is 0 Å². The molecule has 0 unspecified atom stereocenters. The highest BCUT2D eigenvalue weighted by molar-refractivity contribution is 5.27. The Morgan fingerprint density at radius 1 is 1.56 bits per heavy atom. The van der Waals surface area contributed by atoms with Crippen LogP contribution in [0.5, 0.6) is 0 Å². The van der Waals surface area contributed by atoms with E-state index in [1.165, 1.54) is 5.57 Å². The van der Waals surface area contributed by atoms with E-state index in [0.29, 0.717) is 0 Å². The van der Waals surface area contributed by atoms with Crippen molar-refractivity contribution >= 4 is 0 Å². The highest BCUT2D eigenvalue weighted by Crippen LogP contribution is 2.10. The molecule has 0 aromatic carbocycles. The van der Waals surface area contributed by atoms with Crippen LogP contribution in [-0.2, 0) is 13.0 Å². The Balaban J connectivity index is 2.85. The summed E-state index contributed by atoms with van der Waals surface area (Å²) >= 11 is 0. The van der Waals surface area contributed by atoms with Crippen LogP contribution in [-0.4, -0.2) is 9.55 Å². The summed E-state index contributed by atoms with van der Waals surface area (Å²) in [7, 11) is 0. The number of aromatic nitrogens is 2. The molecule has 0 aliphatic rings. The second kappa shape index (κ2) is 6.11. The summed E-state index contributed by atoms with van der Waals surface area (Å²) in [6.07, 6.45) is 11.0. The van der Waals surface area contributed by atoms with E-state index in [1.54, 1.807) is 0 Å². The first-order valence-corrected chi connectivity index (χ1v) is 5.68. The maximum absolute atomic E-state index is 4.54. The largest absolute Gasteiger partial charge is 0.335 e. The minimum absolute atomic E-state index is 0.865. The topological polar surface area (TPSA) is 17.8 Å². The minimum atomic E-state index is 0.865. The van der Waals surface area contributed by atoms with Gasteiger partial charge in [0.15, 0.2) is 0 Å². The van der Waals surface area contributed by atoms with Crippen molar-refractivity contribution < 1.29 is 0 Å². The summed E-state index contributed by atoms with van der Waals surface area (Å²) in [4.78, 5) is 4.54. The fraction of sp³-hybridized carbons (Fsp3) is 0.357. The average Bonchev–Trinajstić information content (AvgIpc) is 2.59. The van der Waals surface area contributed by atoms with E-state index in [0.717, 1.165) is 24.5 Å². The van der Waals surface area contributed by atoms with Crippen LogP contribution in [0.4, 0.5) is 0 Å². The lowest BCUT2D eigenvalue weighted by Gasteiger charge is -1.97. The molecular weight excluding hydrogens is 196 g/mol. The van der Waals surface area contributed by atoms with E-state index >= 15 is 0 Å². The molecule has 0 atom stereocenters. The molecule has 16 heavy (non-hydrogen) atoms. The molecule has 2 heteroatoms. The first kappa shape index (κ1) is 12.5. The number of aryl methyl sites for hydroxylation is 2. The maximum atomic E-state index is 4.54. The van der Waals surface area contributed by atoms with Crippen LogP contribution in [0.3, 0.4) is 0 Å². The van der Waals surface area contributed by atoms with Gasteiger partial charge >= 0.3 is 0 Å². The SMILES string of the molecule is C=C/C=C(\C=C/C)Cc1cn(CC)c(C)n1. The molecule has 0 aliphatic heterocycles. The number of hydrogen-bond donors (Lipinski definition) is 0. The van der Waals surface area contributed by atoms with Crippen LogP contribution in [0.15, 0.2) is 42.7 Å². The molecule has 0 saturated carbocycles. The number of allylic oxidation sites excluding steroid dienone is 5. The lowest BCUT2D eigenvalue weighted by atomic mass is 10.1. The van der Waals surface area contributed by atoms with Crippen molar-refractivity contribution in [2.24, 2.45) is 0 Å². The van der Waals surface area contributed by atoms with Gasteiger partial charge < -0.3 is 4.57 Å². The van der Waals surface area contributed by atoms with Gasteiger partial charge in [0, 0.05) is 19.2 Å². The predicted molar refractivity (Wildman–Crippen MR) is 69.4 cm³/mol. The summed E-state index contributed by atoms with van der Waals surface area (Å²) in [5.74, 6) is 1.08. The molecule has 2 nitrogen and oxygen atoms in total. The quantitative estimate of drug-likeness (QED) is 0.689. The fourth-order valence-electron chi connectivity index (χ4n) is 1.73. The second-order valence-electron chi connectivity index (χ2n) is 3.72. The minimum Gasteiger partial charge on any atom is -0.335 e. The molecule has 0 bridgehead atoms. The van der Waals surface area contributed by atoms with Gasteiger partial charge in [-0.1, -0.05) is 30.9 Å². The normalized spacial score (nSPS) is 12.3. The zero-order valence-electron chi connectivity index (χ0n) is 10.4. The van der Waals surface area contributed by atoms with Gasteiger partial charge in [0.05, 0.1) is 5.69 Å². The molecule has 0 fully saturated rings. The molecular formula is C14H20N2. The second-order valence-corrected chi connectivity index (χ2v) is 3.72. The highest BCUT2D eigenvalue weighted by atomic mass is 15.1. The monoisotopic (exact) mass is 216 g/mol. The number of imidazole rings is 1. The van der Waals surface area contributed by atoms with Crippen molar-refractivity contribution in [1.82, 2.24) is 9.55 Å². The molecule has 0 amide bonds. The first-order valence-electron chi connectivity index (χ1n) is 5.68. The van der Waals surface area contributed by atoms with Gasteiger partial charge in [-0.25, -0.2) is 4.98 Å². The zero-order valence-corrected chi connectivity index (χ0v) is 10.4. The Morgan fingerprint density at radius 3 is 2.81 bits per heavy atom. The van der Waals surface area contributed by atoms with Crippen molar-refractivity contribution in [3.05, 3.63) is 54.2 Å². The summed E-state index contributed by atoms with van der Waals surface area (Å²) in [6.45, 7) is 10.9. The van der Waals surface area contributed by atoms with E-state index in [9.17, 15) is 0 Å². The molecule has 0 saturated heterocycles. The molecule has 0 radical (unpaired) electrons. The van der Waals surface area contributed by atoms with E-state index < -0.39 is 0 Å². The smallest absolute Gasteiger partial charge is 0.105 e. The predicted octanol–water partition coefficient (Wildman–Crippen LogP) is 3.44. The maximum Gasteiger partial charge on any atom is 0.105 e. The van der Waals surface area contributed by atoms with Gasteiger partial charge in [-0.3, -0.25) is 0 Å². The van der Waals surface area contributed by atoms with Crippen LogP contribution >= 0.6 is 0 Å². The number of nitrogens with zero attached hydrogens (tertiary/aromatic N) is 2. The van der Waals surface area contributed by atoms with Crippen LogP contribution in [0.2, 0.25) is 0 Å². The molecule has 1 aromatic rings. The van der Waals surface area contributed by atoms with Crippen LogP contribution < -0.4 is 0 Å². The molecule has 86 valence electrons. The Morgan fingerprint density at radius 2 is 2.31 bits per heavy atom. The van der Waals surface area contributed by atoms with E-state index in [2.05, 4.69) is 35.3 Å². The highest BCUT2D eigenvalue weighted by Gasteiger charge is 2.03. The Kier molecular flexibility index (Phi) is 4.77. The molecule has 0 N–H and O–H groups in total. The van der Waals surface area contributed by atoms with E-state index in [-0.39, 0.29) is 0 Å². The first-order chi connectivity index (χ1) is 7.71. The average molecular weight is 216 g/mol. The van der Waals surface area contributed by atoms with E-state index in [4.69, 9.17) is 0 Å².